The summed E-state index contributed by atoms with van der Waals surface area (Å²) in [5.41, 5.74) is 0.870. The fraction of sp³-hybridized carbons (Fsp3) is 0.222. The van der Waals surface area contributed by atoms with Crippen LogP contribution < -0.4 is 14.3 Å². The van der Waals surface area contributed by atoms with Crippen LogP contribution in [0, 0.1) is 0 Å². The Morgan fingerprint density at radius 1 is 1.11 bits per heavy atom. The molecule has 1 aliphatic rings. The lowest BCUT2D eigenvalue weighted by Gasteiger charge is -2.26. The summed E-state index contributed by atoms with van der Waals surface area (Å²) >= 11 is 0. The molecule has 3 rings (SSSR count). The molecule has 140 valence electrons. The Balaban J connectivity index is 1.69. The van der Waals surface area contributed by atoms with Crippen LogP contribution in [0.4, 0.5) is 0 Å². The monoisotopic (exact) mass is 370 g/mol. The Morgan fingerprint density at radius 2 is 1.81 bits per heavy atom. The van der Waals surface area contributed by atoms with E-state index in [-0.39, 0.29) is 24.4 Å². The summed E-state index contributed by atoms with van der Waals surface area (Å²) in [6.45, 7) is 0.132. The third-order valence-electron chi connectivity index (χ3n) is 3.49. The number of hydroxylamine groups is 2. The highest BCUT2D eigenvalue weighted by atomic mass is 16.7. The van der Waals surface area contributed by atoms with E-state index in [0.717, 1.165) is 5.56 Å². The number of aliphatic imine (C=N–C) groups is 1. The van der Waals surface area contributed by atoms with Crippen molar-refractivity contribution in [1.82, 2.24) is 15.0 Å². The van der Waals surface area contributed by atoms with Crippen molar-refractivity contribution < 1.29 is 23.8 Å². The van der Waals surface area contributed by atoms with Crippen molar-refractivity contribution in [2.24, 2.45) is 4.99 Å². The fourth-order valence-corrected chi connectivity index (χ4v) is 2.18. The van der Waals surface area contributed by atoms with Crippen molar-refractivity contribution in [2.75, 3.05) is 14.2 Å². The Hall–Kier alpha value is -3.62. The molecule has 1 aromatic heterocycles. The van der Waals surface area contributed by atoms with E-state index in [4.69, 9.17) is 19.0 Å². The van der Waals surface area contributed by atoms with Crippen LogP contribution in [0.15, 0.2) is 53.7 Å². The minimum absolute atomic E-state index is 0.0613. The number of carbonyl (C=O) groups excluding carboxylic acids is 1. The lowest BCUT2D eigenvalue weighted by Crippen LogP contribution is -2.41. The molecular weight excluding hydrogens is 352 g/mol. The molecule has 2 heterocycles. The van der Waals surface area contributed by atoms with Crippen LogP contribution in [0.25, 0.3) is 0 Å². The average Bonchev–Trinajstić information content (AvgIpc) is 2.72. The summed E-state index contributed by atoms with van der Waals surface area (Å²) in [7, 11) is 2.92. The van der Waals surface area contributed by atoms with Crippen molar-refractivity contribution in [3.8, 4) is 17.8 Å². The molecule has 0 fully saturated rings. The maximum atomic E-state index is 12.4. The van der Waals surface area contributed by atoms with Gasteiger partial charge in [-0.25, -0.2) is 4.79 Å². The smallest absolute Gasteiger partial charge is 0.355 e. The number of hydrogen-bond donors (Lipinski definition) is 0. The summed E-state index contributed by atoms with van der Waals surface area (Å²) in [4.78, 5) is 30.2. The van der Waals surface area contributed by atoms with Crippen LogP contribution in [0.2, 0.25) is 0 Å². The molecule has 1 unspecified atom stereocenters. The van der Waals surface area contributed by atoms with E-state index < -0.39 is 12.1 Å². The molecule has 0 spiro atoms. The van der Waals surface area contributed by atoms with E-state index in [9.17, 15) is 4.79 Å². The highest BCUT2D eigenvalue weighted by molar-refractivity contribution is 5.81. The zero-order valence-corrected chi connectivity index (χ0v) is 14.8. The molecule has 0 amide bonds. The van der Waals surface area contributed by atoms with Gasteiger partial charge in [-0.2, -0.15) is 15.0 Å². The Labute approximate surface area is 155 Å². The maximum Gasteiger partial charge on any atom is 0.355 e. The van der Waals surface area contributed by atoms with Gasteiger partial charge in [-0.3, -0.25) is 4.99 Å². The number of hydrogen-bond acceptors (Lipinski definition) is 9. The number of ether oxygens (including phenoxy) is 3. The lowest BCUT2D eigenvalue weighted by atomic mass is 10.2. The average molecular weight is 370 g/mol. The zero-order chi connectivity index (χ0) is 19.1. The molecule has 9 nitrogen and oxygen atoms in total. The van der Waals surface area contributed by atoms with Gasteiger partial charge in [0, 0.05) is 12.4 Å². The zero-order valence-electron chi connectivity index (χ0n) is 14.8. The summed E-state index contributed by atoms with van der Waals surface area (Å²) < 4.78 is 15.5. The second-order valence-corrected chi connectivity index (χ2v) is 5.29. The van der Waals surface area contributed by atoms with E-state index in [1.165, 1.54) is 37.8 Å². The Kier molecular flexibility index (Phi) is 5.83. The maximum absolute atomic E-state index is 12.4. The fourth-order valence-electron chi connectivity index (χ4n) is 2.18. The molecule has 0 saturated heterocycles. The lowest BCUT2D eigenvalue weighted by molar-refractivity contribution is -0.161. The first kappa shape index (κ1) is 18.2. The minimum atomic E-state index is -1.03. The van der Waals surface area contributed by atoms with Gasteiger partial charge in [0.05, 0.1) is 20.3 Å². The van der Waals surface area contributed by atoms with Crippen LogP contribution in [0.5, 0.6) is 17.8 Å². The number of benzene rings is 1. The van der Waals surface area contributed by atoms with E-state index >= 15 is 0 Å². The van der Waals surface area contributed by atoms with E-state index in [1.54, 1.807) is 6.08 Å². The molecule has 0 saturated carbocycles. The third-order valence-corrected chi connectivity index (χ3v) is 3.49. The number of allylic oxidation sites excluding steroid dienone is 1. The minimum Gasteiger partial charge on any atom is -0.481 e. The molecule has 0 N–H and O–H groups in total. The topological polar surface area (TPSA) is 95.4 Å². The number of aromatic nitrogens is 2. The van der Waals surface area contributed by atoms with Crippen LogP contribution in [-0.4, -0.2) is 47.6 Å². The first-order valence-electron chi connectivity index (χ1n) is 8.03. The van der Waals surface area contributed by atoms with E-state index in [2.05, 4.69) is 15.0 Å². The highest BCUT2D eigenvalue weighted by Gasteiger charge is 2.28. The molecule has 1 aliphatic heterocycles. The van der Waals surface area contributed by atoms with Gasteiger partial charge in [0.15, 0.2) is 0 Å². The normalized spacial score (nSPS) is 15.3. The van der Waals surface area contributed by atoms with Gasteiger partial charge >= 0.3 is 12.0 Å². The number of carbonyl (C=O) groups is 1. The van der Waals surface area contributed by atoms with Crippen LogP contribution in [0.3, 0.4) is 0 Å². The molecule has 1 atom stereocenters. The number of nitrogens with zero attached hydrogens (tertiary/aromatic N) is 4. The Bertz CT molecular complexity index is 819. The summed E-state index contributed by atoms with van der Waals surface area (Å²) in [6, 6.07) is 10.8. The second-order valence-electron chi connectivity index (χ2n) is 5.29. The summed E-state index contributed by atoms with van der Waals surface area (Å²) in [5, 5.41) is 1.20. The predicted molar refractivity (Wildman–Crippen MR) is 95.3 cm³/mol. The van der Waals surface area contributed by atoms with Crippen molar-refractivity contribution in [2.45, 2.75) is 12.8 Å². The van der Waals surface area contributed by atoms with Crippen molar-refractivity contribution >= 4 is 12.2 Å². The van der Waals surface area contributed by atoms with Gasteiger partial charge in [0.2, 0.25) is 11.8 Å². The number of methoxy groups -OCH3 is 2. The molecular formula is C18H18N4O5. The first-order valence-corrected chi connectivity index (χ1v) is 8.03. The van der Waals surface area contributed by atoms with Gasteiger partial charge in [-0.05, 0) is 11.6 Å². The van der Waals surface area contributed by atoms with Gasteiger partial charge in [0.25, 0.3) is 6.17 Å². The van der Waals surface area contributed by atoms with Crippen LogP contribution >= 0.6 is 0 Å². The molecule has 1 aromatic carbocycles. The van der Waals surface area contributed by atoms with Crippen molar-refractivity contribution in [3.63, 3.8) is 0 Å². The largest absolute Gasteiger partial charge is 0.481 e. The number of rotatable bonds is 7. The highest BCUT2D eigenvalue weighted by Crippen LogP contribution is 2.21. The first-order chi connectivity index (χ1) is 13.2. The predicted octanol–water partition coefficient (Wildman–Crippen LogP) is 1.76. The van der Waals surface area contributed by atoms with Gasteiger partial charge in [-0.15, -0.1) is 0 Å². The quantitative estimate of drug-likeness (QED) is 0.681. The molecule has 0 aliphatic carbocycles. The van der Waals surface area contributed by atoms with E-state index in [0.29, 0.717) is 0 Å². The SMILES string of the molecule is COc1cc(OC)nc(ON2C=CC=NC2C(=O)OCc2ccccc2)n1. The molecule has 27 heavy (non-hydrogen) atoms. The standard InChI is InChI=1S/C18H18N4O5/c1-24-14-11-15(25-2)21-18(20-14)27-22-10-6-9-19-16(22)17(23)26-12-13-7-4-3-5-8-13/h3-11,16H,12H2,1-2H3. The van der Waals surface area contributed by atoms with Gasteiger partial charge < -0.3 is 19.0 Å². The van der Waals surface area contributed by atoms with Crippen LogP contribution in [-0.2, 0) is 16.1 Å². The van der Waals surface area contributed by atoms with Crippen LogP contribution in [0.1, 0.15) is 5.56 Å². The summed E-state index contributed by atoms with van der Waals surface area (Å²) in [5.74, 6) is -0.0663. The Morgan fingerprint density at radius 3 is 2.48 bits per heavy atom. The molecule has 9 heteroatoms. The summed E-state index contributed by atoms with van der Waals surface area (Å²) in [6.07, 6.45) is 3.59. The number of esters is 1. The molecule has 0 bridgehead atoms. The molecule has 0 radical (unpaired) electrons. The molecule has 2 aromatic rings. The third kappa shape index (κ3) is 4.72. The van der Waals surface area contributed by atoms with Crippen molar-refractivity contribution in [1.29, 1.82) is 0 Å². The van der Waals surface area contributed by atoms with Crippen molar-refractivity contribution in [3.05, 3.63) is 54.2 Å². The van der Waals surface area contributed by atoms with E-state index in [1.807, 2.05) is 30.3 Å². The van der Waals surface area contributed by atoms with Gasteiger partial charge in [-0.1, -0.05) is 30.3 Å². The van der Waals surface area contributed by atoms with Gasteiger partial charge in [0.1, 0.15) is 6.61 Å². The second kappa shape index (κ2) is 8.65.